The van der Waals surface area contributed by atoms with Gasteiger partial charge in [-0.15, -0.1) is 0 Å². The second-order valence-electron chi connectivity index (χ2n) is 6.24. The second kappa shape index (κ2) is 9.05. The van der Waals surface area contributed by atoms with Crippen LogP contribution in [-0.4, -0.2) is 18.1 Å². The third-order valence-electron chi connectivity index (χ3n) is 4.46. The zero-order chi connectivity index (χ0) is 20.8. The number of methoxy groups -OCH3 is 1. The zero-order valence-electron chi connectivity index (χ0n) is 16.3. The number of benzene rings is 2. The molecule has 8 nitrogen and oxygen atoms in total. The summed E-state index contributed by atoms with van der Waals surface area (Å²) in [5.74, 6) is 12.2. The van der Waals surface area contributed by atoms with E-state index in [2.05, 4.69) is 4.98 Å². The molecule has 0 aliphatic heterocycles. The topological polar surface area (TPSA) is 116 Å². The van der Waals surface area contributed by atoms with Crippen LogP contribution in [0, 0.1) is 6.92 Å². The van der Waals surface area contributed by atoms with Crippen LogP contribution in [0.1, 0.15) is 11.1 Å². The molecule has 2 amide bonds. The quantitative estimate of drug-likeness (QED) is 0.337. The molecule has 3 rings (SSSR count). The largest absolute Gasteiger partial charge is 0.496 e. The van der Waals surface area contributed by atoms with E-state index in [-0.39, 0.29) is 6.61 Å². The maximum Gasteiger partial charge on any atom is 0.350 e. The number of carbonyl (C=O) groups excluding carboxylic acids is 1. The number of para-hydroxylation sites is 1. The monoisotopic (exact) mass is 393 g/mol. The van der Waals surface area contributed by atoms with Crippen molar-refractivity contribution in [1.82, 2.24) is 10.4 Å². The van der Waals surface area contributed by atoms with Gasteiger partial charge in [-0.1, -0.05) is 30.3 Å². The van der Waals surface area contributed by atoms with E-state index in [1.807, 2.05) is 54.8 Å². The molecule has 0 spiro atoms. The standard InChI is InChI=1S/C21H23N5O3/c1-14-7-5-10-18(26(23)21(27)25-22)16(14)13-29-20-12-6-9-17(24-20)15-8-3-4-11-19(15)28-2/h3-12H,13,22-23H2,1-2H3,(H,25,27). The molecule has 0 fully saturated rings. The third kappa shape index (κ3) is 4.45. The van der Waals surface area contributed by atoms with Crippen LogP contribution in [0.15, 0.2) is 60.7 Å². The van der Waals surface area contributed by atoms with Crippen LogP contribution in [-0.2, 0) is 6.61 Å². The minimum atomic E-state index is -0.631. The molecule has 0 aliphatic rings. The molecule has 0 bridgehead atoms. The fourth-order valence-corrected chi connectivity index (χ4v) is 2.93. The van der Waals surface area contributed by atoms with Gasteiger partial charge >= 0.3 is 6.03 Å². The molecule has 8 heteroatoms. The van der Waals surface area contributed by atoms with Crippen molar-refractivity contribution in [2.45, 2.75) is 13.5 Å². The minimum absolute atomic E-state index is 0.177. The number of hydrazine groups is 2. The maximum absolute atomic E-state index is 11.8. The first-order valence-electron chi connectivity index (χ1n) is 8.92. The van der Waals surface area contributed by atoms with E-state index in [0.29, 0.717) is 11.6 Å². The SMILES string of the molecule is COc1ccccc1-c1cccc(OCc2c(C)cccc2N(N)C(=O)NN)n1. The smallest absolute Gasteiger partial charge is 0.350 e. The van der Waals surface area contributed by atoms with Gasteiger partial charge in [0.25, 0.3) is 0 Å². The molecule has 2 aromatic carbocycles. The third-order valence-corrected chi connectivity index (χ3v) is 4.46. The van der Waals surface area contributed by atoms with E-state index in [4.69, 9.17) is 21.2 Å². The predicted molar refractivity (Wildman–Crippen MR) is 111 cm³/mol. The van der Waals surface area contributed by atoms with Gasteiger partial charge in [0.2, 0.25) is 5.88 Å². The predicted octanol–water partition coefficient (Wildman–Crippen LogP) is 2.91. The second-order valence-corrected chi connectivity index (χ2v) is 6.24. The number of pyridine rings is 1. The van der Waals surface area contributed by atoms with E-state index < -0.39 is 6.03 Å². The van der Waals surface area contributed by atoms with E-state index in [0.717, 1.165) is 33.1 Å². The lowest BCUT2D eigenvalue weighted by atomic mass is 10.1. The molecule has 0 aliphatic carbocycles. The lowest BCUT2D eigenvalue weighted by molar-refractivity contribution is 0.246. The lowest BCUT2D eigenvalue weighted by Gasteiger charge is -2.21. The number of nitrogens with zero attached hydrogens (tertiary/aromatic N) is 2. The van der Waals surface area contributed by atoms with Crippen LogP contribution < -0.4 is 31.6 Å². The highest BCUT2D eigenvalue weighted by Crippen LogP contribution is 2.30. The van der Waals surface area contributed by atoms with Crippen molar-refractivity contribution >= 4 is 11.7 Å². The number of anilines is 1. The summed E-state index contributed by atoms with van der Waals surface area (Å²) in [5, 5.41) is 0.949. The Hall–Kier alpha value is -3.62. The molecule has 1 heterocycles. The lowest BCUT2D eigenvalue weighted by Crippen LogP contribution is -2.48. The first-order chi connectivity index (χ1) is 14.0. The van der Waals surface area contributed by atoms with Gasteiger partial charge in [0.05, 0.1) is 18.5 Å². The number of rotatable bonds is 6. The average molecular weight is 393 g/mol. The molecule has 0 saturated heterocycles. The Morgan fingerprint density at radius 1 is 1.10 bits per heavy atom. The Kier molecular flexibility index (Phi) is 6.28. The van der Waals surface area contributed by atoms with Crippen molar-refractivity contribution in [3.63, 3.8) is 0 Å². The molecule has 0 radical (unpaired) electrons. The van der Waals surface area contributed by atoms with E-state index >= 15 is 0 Å². The molecule has 0 unspecified atom stereocenters. The summed E-state index contributed by atoms with van der Waals surface area (Å²) in [6.07, 6.45) is 0. The van der Waals surface area contributed by atoms with Gasteiger partial charge in [0, 0.05) is 17.2 Å². The molecule has 3 aromatic rings. The summed E-state index contributed by atoms with van der Waals surface area (Å²) >= 11 is 0. The van der Waals surface area contributed by atoms with Crippen LogP contribution in [0.5, 0.6) is 11.6 Å². The van der Waals surface area contributed by atoms with Gasteiger partial charge in [0.1, 0.15) is 12.4 Å². The highest BCUT2D eigenvalue weighted by atomic mass is 16.5. The van der Waals surface area contributed by atoms with E-state index in [1.54, 1.807) is 25.3 Å². The van der Waals surface area contributed by atoms with Gasteiger partial charge in [-0.05, 0) is 36.8 Å². The van der Waals surface area contributed by atoms with Gasteiger partial charge in [-0.2, -0.15) is 0 Å². The first-order valence-corrected chi connectivity index (χ1v) is 8.92. The van der Waals surface area contributed by atoms with Crippen LogP contribution >= 0.6 is 0 Å². The molecule has 0 atom stereocenters. The van der Waals surface area contributed by atoms with Crippen molar-refractivity contribution in [1.29, 1.82) is 0 Å². The van der Waals surface area contributed by atoms with Crippen molar-refractivity contribution in [3.05, 3.63) is 71.8 Å². The highest BCUT2D eigenvalue weighted by molar-refractivity contribution is 5.91. The van der Waals surface area contributed by atoms with Crippen molar-refractivity contribution in [2.75, 3.05) is 12.1 Å². The van der Waals surface area contributed by atoms with Gasteiger partial charge in [-0.3, -0.25) is 5.43 Å². The molecule has 150 valence electrons. The molecule has 0 saturated carbocycles. The summed E-state index contributed by atoms with van der Waals surface area (Å²) < 4.78 is 11.3. The normalized spacial score (nSPS) is 10.3. The highest BCUT2D eigenvalue weighted by Gasteiger charge is 2.16. The number of urea groups is 1. The summed E-state index contributed by atoms with van der Waals surface area (Å²) in [7, 11) is 1.62. The number of carbonyl (C=O) groups is 1. The summed E-state index contributed by atoms with van der Waals surface area (Å²) in [6, 6.07) is 18.0. The molecule has 1 aromatic heterocycles. The maximum atomic E-state index is 11.8. The number of aromatic nitrogens is 1. The number of ether oxygens (including phenoxy) is 2. The number of hydrogen-bond acceptors (Lipinski definition) is 6. The van der Waals surface area contributed by atoms with Crippen LogP contribution in [0.25, 0.3) is 11.3 Å². The van der Waals surface area contributed by atoms with Crippen molar-refractivity contribution in [3.8, 4) is 22.9 Å². The summed E-state index contributed by atoms with van der Waals surface area (Å²) in [6.45, 7) is 2.09. The van der Waals surface area contributed by atoms with Crippen LogP contribution in [0.4, 0.5) is 10.5 Å². The Labute approximate surface area is 169 Å². The van der Waals surface area contributed by atoms with Gasteiger partial charge in [0.15, 0.2) is 0 Å². The molecule has 5 N–H and O–H groups in total. The Bertz CT molecular complexity index is 1010. The van der Waals surface area contributed by atoms with Gasteiger partial charge in [-0.25, -0.2) is 26.5 Å². The molecular weight excluding hydrogens is 370 g/mol. The van der Waals surface area contributed by atoms with E-state index in [9.17, 15) is 4.79 Å². The van der Waals surface area contributed by atoms with Crippen molar-refractivity contribution in [2.24, 2.45) is 11.7 Å². The average Bonchev–Trinajstić information content (AvgIpc) is 2.77. The Morgan fingerprint density at radius 2 is 1.86 bits per heavy atom. The van der Waals surface area contributed by atoms with Gasteiger partial charge < -0.3 is 9.47 Å². The minimum Gasteiger partial charge on any atom is -0.496 e. The number of hydrogen-bond donors (Lipinski definition) is 3. The fourth-order valence-electron chi connectivity index (χ4n) is 2.93. The molecule has 29 heavy (non-hydrogen) atoms. The number of amides is 2. The number of aryl methyl sites for hydroxylation is 1. The number of nitrogens with two attached hydrogens (primary N) is 2. The van der Waals surface area contributed by atoms with Crippen LogP contribution in [0.2, 0.25) is 0 Å². The summed E-state index contributed by atoms with van der Waals surface area (Å²) in [4.78, 5) is 16.4. The Balaban J connectivity index is 1.85. The molecular formula is C21H23N5O3. The number of nitrogens with one attached hydrogen (secondary N) is 1. The zero-order valence-corrected chi connectivity index (χ0v) is 16.3. The first kappa shape index (κ1) is 20.1. The van der Waals surface area contributed by atoms with Crippen LogP contribution in [0.3, 0.4) is 0 Å². The fraction of sp³-hybridized carbons (Fsp3) is 0.143. The van der Waals surface area contributed by atoms with E-state index in [1.165, 1.54) is 0 Å². The van der Waals surface area contributed by atoms with Crippen molar-refractivity contribution < 1.29 is 14.3 Å². The summed E-state index contributed by atoms with van der Waals surface area (Å²) in [5.41, 5.74) is 5.78. The Morgan fingerprint density at radius 3 is 2.62 bits per heavy atom.